The fourth-order valence-corrected chi connectivity index (χ4v) is 2.74. The van der Waals surface area contributed by atoms with Crippen LogP contribution in [0.1, 0.15) is 31.7 Å². The van der Waals surface area contributed by atoms with Crippen LogP contribution in [0.5, 0.6) is 0 Å². The summed E-state index contributed by atoms with van der Waals surface area (Å²) >= 11 is 6.12. The molecule has 0 saturated heterocycles. The van der Waals surface area contributed by atoms with Crippen molar-refractivity contribution in [3.8, 4) is 6.07 Å². The van der Waals surface area contributed by atoms with Gasteiger partial charge in [-0.05, 0) is 36.5 Å². The molecule has 0 spiro atoms. The first-order chi connectivity index (χ1) is 8.20. The maximum atomic E-state index is 8.76. The molecule has 2 atom stereocenters. The molecule has 2 nitrogen and oxygen atoms in total. The van der Waals surface area contributed by atoms with E-state index >= 15 is 0 Å². The van der Waals surface area contributed by atoms with E-state index in [9.17, 15) is 0 Å². The van der Waals surface area contributed by atoms with Crippen molar-refractivity contribution < 1.29 is 0 Å². The predicted molar refractivity (Wildman–Crippen MR) is 71.2 cm³/mol. The number of benzene rings is 1. The van der Waals surface area contributed by atoms with Crippen molar-refractivity contribution in [3.05, 3.63) is 28.8 Å². The molecule has 0 amide bonds. The Bertz CT molecular complexity index is 436. The monoisotopic (exact) mass is 248 g/mol. The highest BCUT2D eigenvalue weighted by atomic mass is 35.5. The Morgan fingerprint density at radius 1 is 1.47 bits per heavy atom. The molecule has 17 heavy (non-hydrogen) atoms. The molecule has 0 aliphatic heterocycles. The van der Waals surface area contributed by atoms with Gasteiger partial charge < -0.3 is 5.32 Å². The highest BCUT2D eigenvalue weighted by molar-refractivity contribution is 6.33. The van der Waals surface area contributed by atoms with Crippen LogP contribution in [-0.2, 0) is 0 Å². The number of nitrogens with zero attached hydrogens (tertiary/aromatic N) is 1. The maximum Gasteiger partial charge on any atom is 0.0992 e. The lowest BCUT2D eigenvalue weighted by Crippen LogP contribution is -2.16. The summed E-state index contributed by atoms with van der Waals surface area (Å²) in [6, 6.07) is 7.48. The summed E-state index contributed by atoms with van der Waals surface area (Å²) in [5.41, 5.74) is 1.54. The van der Waals surface area contributed by atoms with E-state index in [4.69, 9.17) is 16.9 Å². The SMILES string of the molecule is CC1CCCC1CNc1ccc(C#N)cc1Cl. The predicted octanol–water partition coefficient (Wildman–Crippen LogP) is 4.06. The average molecular weight is 249 g/mol. The zero-order chi connectivity index (χ0) is 12.3. The van der Waals surface area contributed by atoms with Gasteiger partial charge >= 0.3 is 0 Å². The lowest BCUT2D eigenvalue weighted by molar-refractivity contribution is 0.440. The lowest BCUT2D eigenvalue weighted by Gasteiger charge is -2.17. The van der Waals surface area contributed by atoms with Crippen LogP contribution in [0, 0.1) is 23.2 Å². The zero-order valence-corrected chi connectivity index (χ0v) is 10.8. The second kappa shape index (κ2) is 5.42. The maximum absolute atomic E-state index is 8.76. The van der Waals surface area contributed by atoms with Crippen LogP contribution in [0.15, 0.2) is 18.2 Å². The van der Waals surface area contributed by atoms with E-state index in [1.807, 2.05) is 6.07 Å². The summed E-state index contributed by atoms with van der Waals surface area (Å²) in [6.07, 6.45) is 3.99. The van der Waals surface area contributed by atoms with Crippen LogP contribution >= 0.6 is 11.6 Å². The molecule has 90 valence electrons. The van der Waals surface area contributed by atoms with E-state index in [1.165, 1.54) is 19.3 Å². The third-order valence-electron chi connectivity index (χ3n) is 3.69. The molecule has 1 fully saturated rings. The molecule has 1 N–H and O–H groups in total. The second-order valence-electron chi connectivity index (χ2n) is 4.86. The summed E-state index contributed by atoms with van der Waals surface area (Å²) < 4.78 is 0. The Balaban J connectivity index is 1.97. The molecular weight excluding hydrogens is 232 g/mol. The Hall–Kier alpha value is -1.20. The van der Waals surface area contributed by atoms with Crippen molar-refractivity contribution in [3.63, 3.8) is 0 Å². The number of rotatable bonds is 3. The molecule has 3 heteroatoms. The van der Waals surface area contributed by atoms with Gasteiger partial charge in [0.15, 0.2) is 0 Å². The van der Waals surface area contributed by atoms with Gasteiger partial charge in [-0.3, -0.25) is 0 Å². The van der Waals surface area contributed by atoms with Gasteiger partial charge in [-0.2, -0.15) is 5.26 Å². The Labute approximate surface area is 108 Å². The normalized spacial score (nSPS) is 23.4. The van der Waals surface area contributed by atoms with E-state index in [-0.39, 0.29) is 0 Å². The Morgan fingerprint density at radius 3 is 2.88 bits per heavy atom. The largest absolute Gasteiger partial charge is 0.384 e. The zero-order valence-electron chi connectivity index (χ0n) is 10.0. The van der Waals surface area contributed by atoms with Gasteiger partial charge in [0.05, 0.1) is 22.3 Å². The molecule has 0 bridgehead atoms. The van der Waals surface area contributed by atoms with Crippen molar-refractivity contribution in [1.82, 2.24) is 0 Å². The van der Waals surface area contributed by atoms with Crippen molar-refractivity contribution in [2.75, 3.05) is 11.9 Å². The van der Waals surface area contributed by atoms with Crippen molar-refractivity contribution >= 4 is 17.3 Å². The van der Waals surface area contributed by atoms with Crippen molar-refractivity contribution in [1.29, 1.82) is 5.26 Å². The first kappa shape index (κ1) is 12.3. The van der Waals surface area contributed by atoms with E-state index in [1.54, 1.807) is 12.1 Å². The second-order valence-corrected chi connectivity index (χ2v) is 5.26. The molecule has 1 aliphatic rings. The highest BCUT2D eigenvalue weighted by Gasteiger charge is 2.22. The topological polar surface area (TPSA) is 35.8 Å². The molecule has 2 rings (SSSR count). The molecule has 0 radical (unpaired) electrons. The fourth-order valence-electron chi connectivity index (χ4n) is 2.49. The number of hydrogen-bond donors (Lipinski definition) is 1. The third-order valence-corrected chi connectivity index (χ3v) is 4.00. The van der Waals surface area contributed by atoms with Gasteiger partial charge in [0, 0.05) is 6.54 Å². The molecule has 1 aliphatic carbocycles. The molecule has 1 aromatic rings. The molecule has 1 aromatic carbocycles. The van der Waals surface area contributed by atoms with Gasteiger partial charge in [-0.1, -0.05) is 31.4 Å². The van der Waals surface area contributed by atoms with Crippen molar-refractivity contribution in [2.24, 2.45) is 11.8 Å². The van der Waals surface area contributed by atoms with E-state index in [2.05, 4.69) is 18.3 Å². The van der Waals surface area contributed by atoms with Crippen LogP contribution < -0.4 is 5.32 Å². The van der Waals surface area contributed by atoms with E-state index < -0.39 is 0 Å². The first-order valence-electron chi connectivity index (χ1n) is 6.14. The van der Waals surface area contributed by atoms with Gasteiger partial charge in [0.1, 0.15) is 0 Å². The third kappa shape index (κ3) is 2.92. The van der Waals surface area contributed by atoms with Crippen molar-refractivity contribution in [2.45, 2.75) is 26.2 Å². The average Bonchev–Trinajstić information content (AvgIpc) is 2.73. The fraction of sp³-hybridized carbons (Fsp3) is 0.500. The van der Waals surface area contributed by atoms with Crippen LogP contribution in [0.25, 0.3) is 0 Å². The summed E-state index contributed by atoms with van der Waals surface area (Å²) in [5.74, 6) is 1.56. The number of anilines is 1. The molecule has 0 aromatic heterocycles. The minimum absolute atomic E-state index is 0.606. The van der Waals surface area contributed by atoms with Gasteiger partial charge in [-0.25, -0.2) is 0 Å². The van der Waals surface area contributed by atoms with Gasteiger partial charge in [0.25, 0.3) is 0 Å². The molecular formula is C14H17ClN2. The quantitative estimate of drug-likeness (QED) is 0.876. The Kier molecular flexibility index (Phi) is 3.91. The summed E-state index contributed by atoms with van der Waals surface area (Å²) in [6.45, 7) is 3.30. The Morgan fingerprint density at radius 2 is 2.29 bits per heavy atom. The van der Waals surface area contributed by atoms with E-state index in [0.717, 1.165) is 24.1 Å². The van der Waals surface area contributed by atoms with Gasteiger partial charge in [-0.15, -0.1) is 0 Å². The summed E-state index contributed by atoms with van der Waals surface area (Å²) in [7, 11) is 0. The smallest absolute Gasteiger partial charge is 0.0992 e. The van der Waals surface area contributed by atoms with E-state index in [0.29, 0.717) is 10.6 Å². The highest BCUT2D eigenvalue weighted by Crippen LogP contribution is 2.32. The number of hydrogen-bond acceptors (Lipinski definition) is 2. The van der Waals surface area contributed by atoms with Crippen LogP contribution in [0.3, 0.4) is 0 Å². The number of nitrogens with one attached hydrogen (secondary N) is 1. The molecule has 1 saturated carbocycles. The number of halogens is 1. The van der Waals surface area contributed by atoms with Crippen LogP contribution in [-0.4, -0.2) is 6.54 Å². The molecule has 2 unspecified atom stereocenters. The minimum atomic E-state index is 0.606. The summed E-state index contributed by atoms with van der Waals surface area (Å²) in [4.78, 5) is 0. The minimum Gasteiger partial charge on any atom is -0.384 e. The molecule has 0 heterocycles. The standard InChI is InChI=1S/C14H17ClN2/c1-10-3-2-4-12(10)9-17-14-6-5-11(8-16)7-13(14)15/h5-7,10,12,17H,2-4,9H2,1H3. The lowest BCUT2D eigenvalue weighted by atomic mass is 9.98. The summed E-state index contributed by atoms with van der Waals surface area (Å²) in [5, 5.41) is 12.8. The van der Waals surface area contributed by atoms with Crippen LogP contribution in [0.2, 0.25) is 5.02 Å². The van der Waals surface area contributed by atoms with Gasteiger partial charge in [0.2, 0.25) is 0 Å². The number of nitriles is 1. The van der Waals surface area contributed by atoms with Crippen LogP contribution in [0.4, 0.5) is 5.69 Å². The first-order valence-corrected chi connectivity index (χ1v) is 6.52.